The Balaban J connectivity index is 2.22. The van der Waals surface area contributed by atoms with Crippen LogP contribution < -0.4 is 4.90 Å². The second kappa shape index (κ2) is 5.95. The number of anilines is 1. The fourth-order valence-corrected chi connectivity index (χ4v) is 1.79. The smallest absolute Gasteiger partial charge is 0.374 e. The van der Waals surface area contributed by atoms with Crippen molar-refractivity contribution >= 4 is 11.8 Å². The molecule has 1 N–H and O–H groups in total. The van der Waals surface area contributed by atoms with Gasteiger partial charge in [0.15, 0.2) is 0 Å². The number of carbonyl (C=O) groups is 1. The number of rotatable bonds is 5. The summed E-state index contributed by atoms with van der Waals surface area (Å²) in [5.41, 5.74) is 1.15. The highest BCUT2D eigenvalue weighted by Gasteiger charge is 2.11. The summed E-state index contributed by atoms with van der Waals surface area (Å²) in [6.07, 6.45) is 1.47. The van der Waals surface area contributed by atoms with Crippen molar-refractivity contribution in [2.75, 3.05) is 11.4 Å². The van der Waals surface area contributed by atoms with E-state index < -0.39 is 5.97 Å². The normalized spacial score (nSPS) is 10.2. The lowest BCUT2D eigenvalue weighted by molar-refractivity contribution is 0.0683. The van der Waals surface area contributed by atoms with E-state index in [-0.39, 0.29) is 5.82 Å². The van der Waals surface area contributed by atoms with E-state index in [0.717, 1.165) is 12.1 Å². The number of aromatic nitrogens is 2. The molecule has 0 aliphatic heterocycles. The van der Waals surface area contributed by atoms with E-state index in [4.69, 9.17) is 5.11 Å². The van der Waals surface area contributed by atoms with Gasteiger partial charge in [0.25, 0.3) is 0 Å². The second-order valence-electron chi connectivity index (χ2n) is 4.04. The van der Waals surface area contributed by atoms with Gasteiger partial charge in [0, 0.05) is 19.3 Å². The van der Waals surface area contributed by atoms with Gasteiger partial charge in [-0.15, -0.1) is 0 Å². The van der Waals surface area contributed by atoms with E-state index in [2.05, 4.69) is 9.97 Å². The van der Waals surface area contributed by atoms with Crippen LogP contribution in [0.1, 0.15) is 23.1 Å². The van der Waals surface area contributed by atoms with Crippen LogP contribution in [0.4, 0.5) is 5.82 Å². The summed E-state index contributed by atoms with van der Waals surface area (Å²) >= 11 is 0. The maximum Gasteiger partial charge on any atom is 0.374 e. The number of carboxylic acids is 1. The molecule has 2 rings (SSSR count). The predicted octanol–water partition coefficient (Wildman–Crippen LogP) is 2.20. The summed E-state index contributed by atoms with van der Waals surface area (Å²) in [5.74, 6) is -0.666. The van der Waals surface area contributed by atoms with Gasteiger partial charge in [-0.2, -0.15) is 0 Å². The summed E-state index contributed by atoms with van der Waals surface area (Å²) in [6.45, 7) is 3.43. The number of hydrogen-bond donors (Lipinski definition) is 1. The number of benzene rings is 1. The molecular formula is C14H15N3O2. The molecule has 0 bridgehead atoms. The van der Waals surface area contributed by atoms with Gasteiger partial charge in [-0.3, -0.25) is 0 Å². The molecule has 0 unspecified atom stereocenters. The zero-order chi connectivity index (χ0) is 13.7. The summed E-state index contributed by atoms with van der Waals surface area (Å²) in [5, 5.41) is 8.91. The molecule has 0 amide bonds. The van der Waals surface area contributed by atoms with E-state index in [0.29, 0.717) is 12.4 Å². The molecule has 0 atom stereocenters. The molecule has 0 saturated carbocycles. The van der Waals surface area contributed by atoms with Gasteiger partial charge in [0.05, 0.1) is 0 Å². The quantitative estimate of drug-likeness (QED) is 0.889. The minimum absolute atomic E-state index is 0.177. The zero-order valence-corrected chi connectivity index (χ0v) is 10.7. The second-order valence-corrected chi connectivity index (χ2v) is 4.04. The molecule has 1 heterocycles. The first-order chi connectivity index (χ1) is 9.20. The first-order valence-electron chi connectivity index (χ1n) is 6.06. The summed E-state index contributed by atoms with van der Waals surface area (Å²) in [7, 11) is 0. The van der Waals surface area contributed by atoms with Crippen LogP contribution in [0.15, 0.2) is 42.6 Å². The Morgan fingerprint density at radius 2 is 2.00 bits per heavy atom. The first kappa shape index (κ1) is 13.0. The van der Waals surface area contributed by atoms with Crippen molar-refractivity contribution in [3.05, 3.63) is 54.0 Å². The Morgan fingerprint density at radius 3 is 2.63 bits per heavy atom. The Kier molecular flexibility index (Phi) is 4.07. The minimum Gasteiger partial charge on any atom is -0.475 e. The lowest BCUT2D eigenvalue weighted by Gasteiger charge is -2.21. The highest BCUT2D eigenvalue weighted by atomic mass is 16.4. The van der Waals surface area contributed by atoms with Crippen molar-refractivity contribution < 1.29 is 9.90 Å². The van der Waals surface area contributed by atoms with Crippen molar-refractivity contribution in [1.82, 2.24) is 9.97 Å². The van der Waals surface area contributed by atoms with Crippen LogP contribution in [-0.2, 0) is 6.54 Å². The van der Waals surface area contributed by atoms with Crippen LogP contribution in [0, 0.1) is 0 Å². The zero-order valence-electron chi connectivity index (χ0n) is 10.7. The monoisotopic (exact) mass is 257 g/mol. The third-order valence-corrected chi connectivity index (χ3v) is 2.75. The third kappa shape index (κ3) is 3.28. The van der Waals surface area contributed by atoms with Crippen molar-refractivity contribution in [3.63, 3.8) is 0 Å². The third-order valence-electron chi connectivity index (χ3n) is 2.75. The molecule has 2 aromatic rings. The molecule has 98 valence electrons. The minimum atomic E-state index is -1.11. The fraction of sp³-hybridized carbons (Fsp3) is 0.214. The van der Waals surface area contributed by atoms with Gasteiger partial charge in [0.1, 0.15) is 5.82 Å². The molecule has 1 aromatic carbocycles. The molecule has 5 heteroatoms. The summed E-state index contributed by atoms with van der Waals surface area (Å²) in [6, 6.07) is 11.7. The van der Waals surface area contributed by atoms with Crippen molar-refractivity contribution in [3.8, 4) is 0 Å². The maximum absolute atomic E-state index is 10.9. The van der Waals surface area contributed by atoms with Gasteiger partial charge in [-0.05, 0) is 18.6 Å². The lowest BCUT2D eigenvalue weighted by atomic mass is 10.2. The molecular weight excluding hydrogens is 242 g/mol. The highest BCUT2D eigenvalue weighted by Crippen LogP contribution is 2.13. The van der Waals surface area contributed by atoms with Gasteiger partial charge < -0.3 is 10.0 Å². The van der Waals surface area contributed by atoms with Crippen LogP contribution in [0.2, 0.25) is 0 Å². The summed E-state index contributed by atoms with van der Waals surface area (Å²) in [4.78, 5) is 20.7. The van der Waals surface area contributed by atoms with E-state index in [1.54, 1.807) is 6.07 Å². The molecule has 1 aromatic heterocycles. The van der Waals surface area contributed by atoms with Gasteiger partial charge in [-0.1, -0.05) is 30.3 Å². The summed E-state index contributed by atoms with van der Waals surface area (Å²) < 4.78 is 0. The van der Waals surface area contributed by atoms with E-state index in [1.807, 2.05) is 42.2 Å². The molecule has 0 saturated heterocycles. The average molecular weight is 257 g/mol. The Labute approximate surface area is 111 Å². The van der Waals surface area contributed by atoms with Crippen LogP contribution in [0.3, 0.4) is 0 Å². The largest absolute Gasteiger partial charge is 0.475 e. The molecule has 0 aliphatic carbocycles. The van der Waals surface area contributed by atoms with Gasteiger partial charge in [0.2, 0.25) is 5.82 Å². The first-order valence-corrected chi connectivity index (χ1v) is 6.06. The topological polar surface area (TPSA) is 66.3 Å². The van der Waals surface area contributed by atoms with Gasteiger partial charge >= 0.3 is 5.97 Å². The number of carboxylic acid groups (broad SMARTS) is 1. The average Bonchev–Trinajstić information content (AvgIpc) is 2.46. The number of aromatic carboxylic acids is 1. The fourth-order valence-electron chi connectivity index (χ4n) is 1.79. The Morgan fingerprint density at radius 1 is 1.26 bits per heavy atom. The van der Waals surface area contributed by atoms with E-state index in [1.165, 1.54) is 6.20 Å². The molecule has 19 heavy (non-hydrogen) atoms. The number of hydrogen-bond acceptors (Lipinski definition) is 4. The van der Waals surface area contributed by atoms with E-state index in [9.17, 15) is 4.79 Å². The molecule has 0 fully saturated rings. The van der Waals surface area contributed by atoms with Crippen LogP contribution in [-0.4, -0.2) is 27.6 Å². The van der Waals surface area contributed by atoms with Crippen LogP contribution in [0.5, 0.6) is 0 Å². The predicted molar refractivity (Wildman–Crippen MR) is 72.2 cm³/mol. The highest BCUT2D eigenvalue weighted by molar-refractivity contribution is 5.83. The van der Waals surface area contributed by atoms with Crippen molar-refractivity contribution in [2.45, 2.75) is 13.5 Å². The van der Waals surface area contributed by atoms with Crippen molar-refractivity contribution in [2.24, 2.45) is 0 Å². The lowest BCUT2D eigenvalue weighted by Crippen LogP contribution is -2.24. The molecule has 0 radical (unpaired) electrons. The van der Waals surface area contributed by atoms with Crippen LogP contribution >= 0.6 is 0 Å². The Bertz CT molecular complexity index is 558. The van der Waals surface area contributed by atoms with Gasteiger partial charge in [-0.25, -0.2) is 14.8 Å². The maximum atomic E-state index is 10.9. The molecule has 0 spiro atoms. The number of nitrogens with zero attached hydrogens (tertiary/aromatic N) is 3. The SMILES string of the molecule is CCN(Cc1ccccc1)c1ccnc(C(=O)O)n1. The standard InChI is InChI=1S/C14H15N3O2/c1-2-17(10-11-6-4-3-5-7-11)12-8-9-15-13(16-12)14(18)19/h3-9H,2,10H2,1H3,(H,18,19). The Hall–Kier alpha value is -2.43. The molecule has 0 aliphatic rings. The van der Waals surface area contributed by atoms with E-state index >= 15 is 0 Å². The molecule has 5 nitrogen and oxygen atoms in total. The van der Waals surface area contributed by atoms with Crippen molar-refractivity contribution in [1.29, 1.82) is 0 Å². The van der Waals surface area contributed by atoms with Crippen LogP contribution in [0.25, 0.3) is 0 Å².